The van der Waals surface area contributed by atoms with Gasteiger partial charge in [-0.3, -0.25) is 9.58 Å². The minimum absolute atomic E-state index is 0.109. The highest BCUT2D eigenvalue weighted by Crippen LogP contribution is 2.28. The number of aryl methyl sites for hydroxylation is 2. The average Bonchev–Trinajstić information content (AvgIpc) is 2.86. The lowest BCUT2D eigenvalue weighted by molar-refractivity contribution is 0.00656. The third-order valence-corrected chi connectivity index (χ3v) is 6.45. The average molecular weight is 349 g/mol. The predicted octanol–water partition coefficient (Wildman–Crippen LogP) is 2.85. The summed E-state index contributed by atoms with van der Waals surface area (Å²) in [6.07, 6.45) is 7.97. The second-order valence-electron chi connectivity index (χ2n) is 8.06. The lowest BCUT2D eigenvalue weighted by Crippen LogP contribution is -2.51. The summed E-state index contributed by atoms with van der Waals surface area (Å²) < 4.78 is 2.00. The maximum absolute atomic E-state index is 10.3. The highest BCUT2D eigenvalue weighted by molar-refractivity contribution is 5.28. The summed E-state index contributed by atoms with van der Waals surface area (Å²) >= 11 is 0. The van der Waals surface area contributed by atoms with Gasteiger partial charge in [-0.15, -0.1) is 0 Å². The molecule has 142 valence electrons. The summed E-state index contributed by atoms with van der Waals surface area (Å²) in [5.41, 5.74) is 3.82. The largest absolute Gasteiger partial charge is 0.391 e. The number of aromatic nitrogens is 2. The van der Waals surface area contributed by atoms with Crippen LogP contribution < -0.4 is 5.32 Å². The quantitative estimate of drug-likeness (QED) is 0.859. The van der Waals surface area contributed by atoms with Gasteiger partial charge in [0, 0.05) is 49.5 Å². The number of rotatable bonds is 5. The first-order chi connectivity index (χ1) is 12.0. The van der Waals surface area contributed by atoms with E-state index in [4.69, 9.17) is 0 Å². The fourth-order valence-corrected chi connectivity index (χ4v) is 4.90. The van der Waals surface area contributed by atoms with Crippen LogP contribution in [0.15, 0.2) is 0 Å². The molecule has 0 radical (unpaired) electrons. The molecule has 0 bridgehead atoms. The third-order valence-electron chi connectivity index (χ3n) is 6.45. The van der Waals surface area contributed by atoms with E-state index in [2.05, 4.69) is 36.1 Å². The minimum Gasteiger partial charge on any atom is -0.391 e. The summed E-state index contributed by atoms with van der Waals surface area (Å²) in [4.78, 5) is 2.55. The van der Waals surface area contributed by atoms with Crippen molar-refractivity contribution in [1.29, 1.82) is 0 Å². The number of piperidine rings is 1. The predicted molar refractivity (Wildman–Crippen MR) is 102 cm³/mol. The van der Waals surface area contributed by atoms with E-state index >= 15 is 0 Å². The Labute approximate surface area is 152 Å². The molecule has 0 spiro atoms. The lowest BCUT2D eigenvalue weighted by atomic mass is 9.89. The Morgan fingerprint density at radius 2 is 1.84 bits per heavy atom. The molecule has 2 N–H and O–H groups in total. The Hall–Kier alpha value is -0.910. The molecule has 1 aliphatic carbocycles. The molecule has 3 atom stereocenters. The van der Waals surface area contributed by atoms with E-state index in [0.29, 0.717) is 18.1 Å². The first kappa shape index (κ1) is 18.9. The molecular formula is C20H36N4O. The third kappa shape index (κ3) is 4.09. The van der Waals surface area contributed by atoms with Crippen LogP contribution in [0.1, 0.15) is 74.9 Å². The molecule has 5 nitrogen and oxygen atoms in total. The topological polar surface area (TPSA) is 53.3 Å². The second-order valence-corrected chi connectivity index (χ2v) is 8.06. The highest BCUT2D eigenvalue weighted by Gasteiger charge is 2.32. The van der Waals surface area contributed by atoms with Crippen molar-refractivity contribution in [2.24, 2.45) is 7.05 Å². The van der Waals surface area contributed by atoms with Crippen LogP contribution in [0, 0.1) is 13.8 Å². The van der Waals surface area contributed by atoms with E-state index in [-0.39, 0.29) is 6.10 Å². The summed E-state index contributed by atoms with van der Waals surface area (Å²) in [5.74, 6) is 0. The van der Waals surface area contributed by atoms with Crippen molar-refractivity contribution in [3.63, 3.8) is 0 Å². The van der Waals surface area contributed by atoms with Crippen molar-refractivity contribution in [1.82, 2.24) is 20.0 Å². The number of hydrogen-bond acceptors (Lipinski definition) is 4. The Morgan fingerprint density at radius 1 is 1.16 bits per heavy atom. The molecule has 1 aromatic rings. The van der Waals surface area contributed by atoms with Crippen LogP contribution in [-0.2, 0) is 7.05 Å². The number of likely N-dealkylation sites (tertiary alicyclic amines) is 1. The van der Waals surface area contributed by atoms with Crippen LogP contribution in [0.2, 0.25) is 0 Å². The van der Waals surface area contributed by atoms with Crippen LogP contribution >= 0.6 is 0 Å². The molecule has 1 saturated carbocycles. The number of hydrogen-bond donors (Lipinski definition) is 2. The van der Waals surface area contributed by atoms with Gasteiger partial charge in [0.15, 0.2) is 0 Å². The van der Waals surface area contributed by atoms with Crippen molar-refractivity contribution >= 4 is 0 Å². The van der Waals surface area contributed by atoms with E-state index in [1.807, 2.05) is 11.7 Å². The van der Waals surface area contributed by atoms with Crippen molar-refractivity contribution in [2.45, 2.75) is 89.9 Å². The van der Waals surface area contributed by atoms with Crippen LogP contribution in [0.4, 0.5) is 0 Å². The first-order valence-electron chi connectivity index (χ1n) is 10.2. The molecule has 1 saturated heterocycles. The van der Waals surface area contributed by atoms with Gasteiger partial charge >= 0.3 is 0 Å². The van der Waals surface area contributed by atoms with Crippen LogP contribution in [0.3, 0.4) is 0 Å². The SMILES string of the molecule is CCC(NC1CCN(C2CCCCC2O)CC1)c1c(C)nn(C)c1C. The Kier molecular flexibility index (Phi) is 6.18. The van der Waals surface area contributed by atoms with Gasteiger partial charge in [-0.05, 0) is 46.0 Å². The van der Waals surface area contributed by atoms with E-state index in [9.17, 15) is 5.11 Å². The van der Waals surface area contributed by atoms with Crippen LogP contribution in [-0.4, -0.2) is 51.1 Å². The fourth-order valence-electron chi connectivity index (χ4n) is 4.90. The van der Waals surface area contributed by atoms with E-state index in [1.165, 1.54) is 43.4 Å². The minimum atomic E-state index is -0.109. The number of aliphatic hydroxyl groups excluding tert-OH is 1. The van der Waals surface area contributed by atoms with Crippen molar-refractivity contribution in [3.8, 4) is 0 Å². The summed E-state index contributed by atoms with van der Waals surface area (Å²) in [6, 6.07) is 1.37. The molecule has 0 aromatic carbocycles. The van der Waals surface area contributed by atoms with Crippen LogP contribution in [0.5, 0.6) is 0 Å². The van der Waals surface area contributed by atoms with Gasteiger partial charge < -0.3 is 10.4 Å². The van der Waals surface area contributed by atoms with Gasteiger partial charge in [-0.1, -0.05) is 19.8 Å². The molecule has 1 aliphatic heterocycles. The van der Waals surface area contributed by atoms with Gasteiger partial charge in [-0.2, -0.15) is 5.10 Å². The number of aliphatic hydroxyl groups is 1. The molecule has 0 amide bonds. The number of nitrogens with one attached hydrogen (secondary N) is 1. The van der Waals surface area contributed by atoms with Crippen LogP contribution in [0.25, 0.3) is 0 Å². The zero-order chi connectivity index (χ0) is 18.0. The maximum atomic E-state index is 10.3. The lowest BCUT2D eigenvalue weighted by Gasteiger charge is -2.42. The standard InChI is InChI=1S/C20H36N4O/c1-5-17(20-14(2)22-23(4)15(20)3)21-16-10-12-24(13-11-16)18-8-6-7-9-19(18)25/h16-19,21,25H,5-13H2,1-4H3. The highest BCUT2D eigenvalue weighted by atomic mass is 16.3. The molecule has 1 aromatic heterocycles. The van der Waals surface area contributed by atoms with Gasteiger partial charge in [-0.25, -0.2) is 0 Å². The zero-order valence-corrected chi connectivity index (χ0v) is 16.5. The van der Waals surface area contributed by atoms with Gasteiger partial charge in [0.1, 0.15) is 0 Å². The molecule has 3 rings (SSSR count). The normalized spacial score (nSPS) is 27.6. The van der Waals surface area contributed by atoms with Crippen molar-refractivity contribution < 1.29 is 5.11 Å². The van der Waals surface area contributed by atoms with Crippen molar-refractivity contribution in [2.75, 3.05) is 13.1 Å². The summed E-state index contributed by atoms with van der Waals surface area (Å²) in [7, 11) is 2.03. The smallest absolute Gasteiger partial charge is 0.0695 e. The zero-order valence-electron chi connectivity index (χ0n) is 16.5. The number of nitrogens with zero attached hydrogens (tertiary/aromatic N) is 3. The fraction of sp³-hybridized carbons (Fsp3) is 0.850. The Bertz CT molecular complexity index is 562. The molecular weight excluding hydrogens is 312 g/mol. The molecule has 2 heterocycles. The summed E-state index contributed by atoms with van der Waals surface area (Å²) in [6.45, 7) is 8.78. The Balaban J connectivity index is 1.57. The Morgan fingerprint density at radius 3 is 2.40 bits per heavy atom. The molecule has 5 heteroatoms. The van der Waals surface area contributed by atoms with Crippen molar-refractivity contribution in [3.05, 3.63) is 17.0 Å². The van der Waals surface area contributed by atoms with Gasteiger partial charge in [0.05, 0.1) is 11.8 Å². The van der Waals surface area contributed by atoms with Gasteiger partial charge in [0.25, 0.3) is 0 Å². The molecule has 3 unspecified atom stereocenters. The second kappa shape index (κ2) is 8.19. The van der Waals surface area contributed by atoms with Gasteiger partial charge in [0.2, 0.25) is 0 Å². The monoisotopic (exact) mass is 348 g/mol. The van der Waals surface area contributed by atoms with E-state index < -0.39 is 0 Å². The molecule has 25 heavy (non-hydrogen) atoms. The first-order valence-corrected chi connectivity index (χ1v) is 10.2. The van der Waals surface area contributed by atoms with E-state index in [0.717, 1.165) is 31.6 Å². The summed E-state index contributed by atoms with van der Waals surface area (Å²) in [5, 5.41) is 18.8. The molecule has 2 aliphatic rings. The van der Waals surface area contributed by atoms with E-state index in [1.54, 1.807) is 0 Å². The maximum Gasteiger partial charge on any atom is 0.0695 e. The molecule has 2 fully saturated rings.